The topological polar surface area (TPSA) is 79.5 Å². The van der Waals surface area contributed by atoms with E-state index in [2.05, 4.69) is 28.1 Å². The van der Waals surface area contributed by atoms with E-state index >= 15 is 0 Å². The van der Waals surface area contributed by atoms with Crippen LogP contribution in [-0.4, -0.2) is 37.6 Å². The van der Waals surface area contributed by atoms with Gasteiger partial charge in [-0.3, -0.25) is 9.59 Å². The van der Waals surface area contributed by atoms with E-state index in [9.17, 15) is 9.59 Å². The fraction of sp³-hybridized carbons (Fsp3) is 0.391. The fourth-order valence-electron chi connectivity index (χ4n) is 3.27. The van der Waals surface area contributed by atoms with Crippen molar-refractivity contribution in [3.8, 4) is 0 Å². The number of rotatable bonds is 8. The van der Waals surface area contributed by atoms with Gasteiger partial charge in [0.2, 0.25) is 11.8 Å². The summed E-state index contributed by atoms with van der Waals surface area (Å²) in [6.45, 7) is 3.74. The van der Waals surface area contributed by atoms with E-state index in [-0.39, 0.29) is 17.7 Å². The van der Waals surface area contributed by atoms with Crippen LogP contribution in [0.15, 0.2) is 54.6 Å². The molecule has 0 aliphatic carbocycles. The number of nitrogens with one attached hydrogen (secondary N) is 3. The van der Waals surface area contributed by atoms with Crippen molar-refractivity contribution in [1.29, 1.82) is 0 Å². The molecule has 29 heavy (non-hydrogen) atoms. The van der Waals surface area contributed by atoms with Crippen LogP contribution in [0, 0.1) is 5.92 Å². The molecule has 1 aliphatic heterocycles. The van der Waals surface area contributed by atoms with Crippen molar-refractivity contribution in [2.75, 3.05) is 30.4 Å². The third kappa shape index (κ3) is 6.61. The van der Waals surface area contributed by atoms with Crippen molar-refractivity contribution in [1.82, 2.24) is 5.32 Å². The third-order valence-electron chi connectivity index (χ3n) is 5.08. The highest BCUT2D eigenvalue weighted by Gasteiger charge is 2.24. The number of benzene rings is 2. The van der Waals surface area contributed by atoms with Crippen LogP contribution in [-0.2, 0) is 20.7 Å². The Labute approximate surface area is 172 Å². The van der Waals surface area contributed by atoms with Gasteiger partial charge in [-0.05, 0) is 56.0 Å². The Morgan fingerprint density at radius 2 is 1.66 bits per heavy atom. The molecule has 0 radical (unpaired) electrons. The molecule has 6 nitrogen and oxygen atoms in total. The summed E-state index contributed by atoms with van der Waals surface area (Å²) in [7, 11) is 0. The zero-order valence-electron chi connectivity index (χ0n) is 16.8. The van der Waals surface area contributed by atoms with E-state index in [1.807, 2.05) is 42.5 Å². The van der Waals surface area contributed by atoms with Crippen LogP contribution in [0.25, 0.3) is 0 Å². The normalized spacial score (nSPS) is 15.3. The average molecular weight is 396 g/mol. The fourth-order valence-corrected chi connectivity index (χ4v) is 3.27. The zero-order chi connectivity index (χ0) is 20.5. The summed E-state index contributed by atoms with van der Waals surface area (Å²) in [4.78, 5) is 24.6. The summed E-state index contributed by atoms with van der Waals surface area (Å²) in [6, 6.07) is 17.3. The van der Waals surface area contributed by atoms with E-state index in [4.69, 9.17) is 4.74 Å². The largest absolute Gasteiger partial charge is 0.385 e. The molecule has 1 fully saturated rings. The lowest BCUT2D eigenvalue weighted by Crippen LogP contribution is -2.45. The number of hydrogen-bond donors (Lipinski definition) is 3. The van der Waals surface area contributed by atoms with Gasteiger partial charge in [-0.2, -0.15) is 0 Å². The molecule has 2 aromatic rings. The van der Waals surface area contributed by atoms with E-state index in [0.29, 0.717) is 31.7 Å². The quantitative estimate of drug-likeness (QED) is 0.641. The molecule has 0 spiro atoms. The number of anilines is 2. The monoisotopic (exact) mass is 395 g/mol. The molecule has 6 heteroatoms. The van der Waals surface area contributed by atoms with Gasteiger partial charge in [0.05, 0.1) is 0 Å². The maximum absolute atomic E-state index is 12.4. The summed E-state index contributed by atoms with van der Waals surface area (Å²) in [5, 5.41) is 9.04. The van der Waals surface area contributed by atoms with Crippen molar-refractivity contribution >= 4 is 23.2 Å². The second-order valence-electron chi connectivity index (χ2n) is 7.35. The summed E-state index contributed by atoms with van der Waals surface area (Å²) < 4.78 is 5.27. The van der Waals surface area contributed by atoms with Gasteiger partial charge in [-0.1, -0.05) is 30.3 Å². The van der Waals surface area contributed by atoms with Crippen LogP contribution in [0.5, 0.6) is 0 Å². The number of hydrogen-bond acceptors (Lipinski definition) is 4. The first-order valence-corrected chi connectivity index (χ1v) is 10.2. The van der Waals surface area contributed by atoms with Crippen LogP contribution in [0.3, 0.4) is 0 Å². The lowest BCUT2D eigenvalue weighted by molar-refractivity contribution is -0.131. The minimum Gasteiger partial charge on any atom is -0.385 e. The molecule has 2 amide bonds. The first-order chi connectivity index (χ1) is 14.1. The van der Waals surface area contributed by atoms with E-state index in [1.54, 1.807) is 6.92 Å². The maximum atomic E-state index is 12.4. The Kier molecular flexibility index (Phi) is 7.64. The second-order valence-corrected chi connectivity index (χ2v) is 7.35. The van der Waals surface area contributed by atoms with Gasteiger partial charge in [0, 0.05) is 37.1 Å². The molecule has 1 heterocycles. The van der Waals surface area contributed by atoms with Crippen LogP contribution in [0.4, 0.5) is 11.4 Å². The summed E-state index contributed by atoms with van der Waals surface area (Å²) >= 11 is 0. The third-order valence-corrected chi connectivity index (χ3v) is 5.08. The van der Waals surface area contributed by atoms with Crippen LogP contribution in [0.1, 0.15) is 25.3 Å². The zero-order valence-corrected chi connectivity index (χ0v) is 16.8. The molecular weight excluding hydrogens is 366 g/mol. The SMILES string of the molecule is C[C@@H](NC(=O)C1CCOCC1)C(=O)Nc1ccc(NCCc2ccccc2)cc1. The van der Waals surface area contributed by atoms with Gasteiger partial charge >= 0.3 is 0 Å². The van der Waals surface area contributed by atoms with Crippen LogP contribution >= 0.6 is 0 Å². The van der Waals surface area contributed by atoms with Crippen LogP contribution < -0.4 is 16.0 Å². The highest BCUT2D eigenvalue weighted by atomic mass is 16.5. The number of ether oxygens (including phenoxy) is 1. The molecule has 1 atom stereocenters. The molecule has 0 unspecified atom stereocenters. The first-order valence-electron chi connectivity index (χ1n) is 10.2. The number of amides is 2. The predicted molar refractivity (Wildman–Crippen MR) is 115 cm³/mol. The smallest absolute Gasteiger partial charge is 0.246 e. The van der Waals surface area contributed by atoms with Gasteiger partial charge in [0.25, 0.3) is 0 Å². The van der Waals surface area contributed by atoms with Gasteiger partial charge < -0.3 is 20.7 Å². The lowest BCUT2D eigenvalue weighted by Gasteiger charge is -2.23. The molecule has 1 aliphatic rings. The molecule has 0 saturated carbocycles. The Balaban J connectivity index is 1.42. The minimum absolute atomic E-state index is 0.0692. The molecule has 0 aromatic heterocycles. The van der Waals surface area contributed by atoms with Gasteiger partial charge in [0.15, 0.2) is 0 Å². The molecule has 154 valence electrons. The predicted octanol–water partition coefficient (Wildman–Crippen LogP) is 3.21. The summed E-state index contributed by atoms with van der Waals surface area (Å²) in [5.41, 5.74) is 3.00. The average Bonchev–Trinajstić information content (AvgIpc) is 2.76. The highest BCUT2D eigenvalue weighted by Crippen LogP contribution is 2.16. The van der Waals surface area contributed by atoms with Crippen molar-refractivity contribution in [3.05, 3.63) is 60.2 Å². The number of carbonyl (C=O) groups is 2. The first kappa shape index (κ1) is 20.9. The van der Waals surface area contributed by atoms with Gasteiger partial charge in [0.1, 0.15) is 6.04 Å². The van der Waals surface area contributed by atoms with E-state index in [1.165, 1.54) is 5.56 Å². The van der Waals surface area contributed by atoms with E-state index in [0.717, 1.165) is 18.7 Å². The second kappa shape index (κ2) is 10.6. The minimum atomic E-state index is -0.589. The molecule has 3 rings (SSSR count). The van der Waals surface area contributed by atoms with Gasteiger partial charge in [-0.25, -0.2) is 0 Å². The maximum Gasteiger partial charge on any atom is 0.246 e. The Morgan fingerprint density at radius 3 is 2.34 bits per heavy atom. The summed E-state index contributed by atoms with van der Waals surface area (Å²) in [5.74, 6) is -0.371. The molecule has 0 bridgehead atoms. The molecule has 3 N–H and O–H groups in total. The van der Waals surface area contributed by atoms with Crippen molar-refractivity contribution < 1.29 is 14.3 Å². The Hall–Kier alpha value is -2.86. The van der Waals surface area contributed by atoms with Crippen molar-refractivity contribution in [2.45, 2.75) is 32.2 Å². The Morgan fingerprint density at radius 1 is 1.00 bits per heavy atom. The van der Waals surface area contributed by atoms with Gasteiger partial charge in [-0.15, -0.1) is 0 Å². The standard InChI is InChI=1S/C23H29N3O3/c1-17(25-23(28)19-12-15-29-16-13-19)22(27)26-21-9-7-20(8-10-21)24-14-11-18-5-3-2-4-6-18/h2-10,17,19,24H,11-16H2,1H3,(H,25,28)(H,26,27)/t17-/m1/s1. The lowest BCUT2D eigenvalue weighted by atomic mass is 9.99. The van der Waals surface area contributed by atoms with Crippen LogP contribution in [0.2, 0.25) is 0 Å². The Bertz CT molecular complexity index is 787. The molecule has 1 saturated heterocycles. The molecule has 2 aromatic carbocycles. The van der Waals surface area contributed by atoms with Crippen molar-refractivity contribution in [3.63, 3.8) is 0 Å². The summed E-state index contributed by atoms with van der Waals surface area (Å²) in [6.07, 6.45) is 2.36. The number of carbonyl (C=O) groups excluding carboxylic acids is 2. The highest BCUT2D eigenvalue weighted by molar-refractivity contribution is 5.97. The van der Waals surface area contributed by atoms with Crippen molar-refractivity contribution in [2.24, 2.45) is 5.92 Å². The van der Waals surface area contributed by atoms with E-state index < -0.39 is 6.04 Å². The molecular formula is C23H29N3O3.